The standard InChI is InChI=1S/C20H23N5O3/c1-20(2,28)16-5-4-12(9-21-16)14-8-15-17(19(27)24(3)11-22-15)18(23-14)25-7-6-13(26)10-25/h4-5,8-9,11,13,26,28H,6-7,10H2,1-3H3. The summed E-state index contributed by atoms with van der Waals surface area (Å²) in [5.74, 6) is 0.532. The van der Waals surface area contributed by atoms with Gasteiger partial charge in [0.05, 0.1) is 29.3 Å². The van der Waals surface area contributed by atoms with Gasteiger partial charge >= 0.3 is 0 Å². The van der Waals surface area contributed by atoms with Crippen molar-refractivity contribution in [3.05, 3.63) is 46.8 Å². The quantitative estimate of drug-likeness (QED) is 0.702. The van der Waals surface area contributed by atoms with Crippen molar-refractivity contribution in [3.63, 3.8) is 0 Å². The fourth-order valence-corrected chi connectivity index (χ4v) is 3.42. The van der Waals surface area contributed by atoms with E-state index in [4.69, 9.17) is 4.98 Å². The Kier molecular flexibility index (Phi) is 4.40. The molecule has 3 aromatic rings. The zero-order valence-electron chi connectivity index (χ0n) is 16.1. The molecule has 1 unspecified atom stereocenters. The van der Waals surface area contributed by atoms with E-state index in [1.165, 1.54) is 10.9 Å². The van der Waals surface area contributed by atoms with Crippen LogP contribution in [-0.4, -0.2) is 48.9 Å². The van der Waals surface area contributed by atoms with Crippen molar-refractivity contribution >= 4 is 16.7 Å². The molecule has 0 aromatic carbocycles. The lowest BCUT2D eigenvalue weighted by Gasteiger charge is -2.20. The summed E-state index contributed by atoms with van der Waals surface area (Å²) in [4.78, 5) is 28.2. The minimum atomic E-state index is -1.03. The fourth-order valence-electron chi connectivity index (χ4n) is 3.42. The number of nitrogens with zero attached hydrogens (tertiary/aromatic N) is 5. The van der Waals surface area contributed by atoms with Gasteiger partial charge in [-0.3, -0.25) is 9.78 Å². The Hall–Kier alpha value is -2.84. The van der Waals surface area contributed by atoms with Gasteiger partial charge < -0.3 is 19.7 Å². The van der Waals surface area contributed by atoms with Crippen LogP contribution in [0.5, 0.6) is 0 Å². The van der Waals surface area contributed by atoms with Gasteiger partial charge in [0.1, 0.15) is 16.8 Å². The maximum absolute atomic E-state index is 12.7. The van der Waals surface area contributed by atoms with Crippen molar-refractivity contribution in [2.75, 3.05) is 18.0 Å². The van der Waals surface area contributed by atoms with Gasteiger partial charge in [-0.1, -0.05) is 0 Å². The largest absolute Gasteiger partial charge is 0.391 e. The Morgan fingerprint density at radius 1 is 1.25 bits per heavy atom. The molecule has 2 N–H and O–H groups in total. The summed E-state index contributed by atoms with van der Waals surface area (Å²) in [6, 6.07) is 5.38. The number of aliphatic hydroxyl groups excluding tert-OH is 1. The van der Waals surface area contributed by atoms with E-state index in [0.29, 0.717) is 47.6 Å². The molecule has 3 aromatic heterocycles. The molecule has 0 radical (unpaired) electrons. The van der Waals surface area contributed by atoms with Crippen molar-refractivity contribution in [1.29, 1.82) is 0 Å². The van der Waals surface area contributed by atoms with Crippen molar-refractivity contribution in [2.24, 2.45) is 7.05 Å². The number of β-amino-alcohol motifs (C(OH)–C–C–N with tert-alkyl or cyclic N) is 1. The molecule has 1 aliphatic rings. The van der Waals surface area contributed by atoms with Crippen LogP contribution >= 0.6 is 0 Å². The lowest BCUT2D eigenvalue weighted by Crippen LogP contribution is -2.26. The number of hydrogen-bond donors (Lipinski definition) is 2. The topological polar surface area (TPSA) is 104 Å². The number of fused-ring (bicyclic) bond motifs is 1. The zero-order valence-corrected chi connectivity index (χ0v) is 16.1. The van der Waals surface area contributed by atoms with E-state index in [-0.39, 0.29) is 5.56 Å². The molecule has 4 heterocycles. The van der Waals surface area contributed by atoms with E-state index >= 15 is 0 Å². The normalized spacial score (nSPS) is 17.5. The summed E-state index contributed by atoms with van der Waals surface area (Å²) in [7, 11) is 1.66. The van der Waals surface area contributed by atoms with Crippen LogP contribution < -0.4 is 10.5 Å². The average Bonchev–Trinajstić information content (AvgIpc) is 3.09. The molecule has 8 nitrogen and oxygen atoms in total. The molecule has 0 spiro atoms. The highest BCUT2D eigenvalue weighted by Gasteiger charge is 2.25. The highest BCUT2D eigenvalue weighted by atomic mass is 16.3. The SMILES string of the molecule is Cn1cnc2cc(-c3ccc(C(C)(C)O)nc3)nc(N3CCC(O)C3)c2c1=O. The van der Waals surface area contributed by atoms with Gasteiger partial charge in [0.15, 0.2) is 0 Å². The van der Waals surface area contributed by atoms with Crippen molar-refractivity contribution < 1.29 is 10.2 Å². The molecular weight excluding hydrogens is 358 g/mol. The van der Waals surface area contributed by atoms with E-state index in [1.807, 2.05) is 11.0 Å². The first-order valence-electron chi connectivity index (χ1n) is 9.23. The predicted molar refractivity (Wildman–Crippen MR) is 106 cm³/mol. The predicted octanol–water partition coefficient (Wildman–Crippen LogP) is 1.19. The smallest absolute Gasteiger partial charge is 0.264 e. The number of pyridine rings is 2. The summed E-state index contributed by atoms with van der Waals surface area (Å²) >= 11 is 0. The van der Waals surface area contributed by atoms with Crippen LogP contribution in [0.1, 0.15) is 26.0 Å². The van der Waals surface area contributed by atoms with Gasteiger partial charge in [-0.05, 0) is 38.5 Å². The molecule has 146 valence electrons. The molecule has 1 fully saturated rings. The summed E-state index contributed by atoms with van der Waals surface area (Å²) in [5.41, 5.74) is 1.32. The molecular formula is C20H23N5O3. The minimum absolute atomic E-state index is 0.170. The maximum Gasteiger partial charge on any atom is 0.264 e. The minimum Gasteiger partial charge on any atom is -0.391 e. The number of aliphatic hydroxyl groups is 2. The van der Waals surface area contributed by atoms with Gasteiger partial charge in [0.2, 0.25) is 0 Å². The molecule has 28 heavy (non-hydrogen) atoms. The maximum atomic E-state index is 12.7. The van der Waals surface area contributed by atoms with E-state index < -0.39 is 11.7 Å². The van der Waals surface area contributed by atoms with Crippen LogP contribution in [0.3, 0.4) is 0 Å². The monoisotopic (exact) mass is 381 g/mol. The molecule has 0 amide bonds. The van der Waals surface area contributed by atoms with Gasteiger partial charge in [-0.2, -0.15) is 0 Å². The van der Waals surface area contributed by atoms with Gasteiger partial charge in [-0.15, -0.1) is 0 Å². The summed E-state index contributed by atoms with van der Waals surface area (Å²) < 4.78 is 1.43. The molecule has 1 atom stereocenters. The first-order valence-corrected chi connectivity index (χ1v) is 9.23. The van der Waals surface area contributed by atoms with Crippen LogP contribution in [-0.2, 0) is 12.6 Å². The Morgan fingerprint density at radius 2 is 2.04 bits per heavy atom. The van der Waals surface area contributed by atoms with E-state index in [9.17, 15) is 15.0 Å². The van der Waals surface area contributed by atoms with Crippen LogP contribution in [0, 0.1) is 0 Å². The van der Waals surface area contributed by atoms with E-state index in [0.717, 1.165) is 5.56 Å². The number of aromatic nitrogens is 4. The highest BCUT2D eigenvalue weighted by Crippen LogP contribution is 2.29. The Balaban J connectivity index is 1.89. The lowest BCUT2D eigenvalue weighted by molar-refractivity contribution is 0.0739. The average molecular weight is 381 g/mol. The van der Waals surface area contributed by atoms with Crippen molar-refractivity contribution in [3.8, 4) is 11.3 Å². The van der Waals surface area contributed by atoms with Crippen LogP contribution in [0.25, 0.3) is 22.2 Å². The van der Waals surface area contributed by atoms with E-state index in [2.05, 4.69) is 9.97 Å². The fraction of sp³-hybridized carbons (Fsp3) is 0.400. The second-order valence-electron chi connectivity index (χ2n) is 7.77. The third-order valence-corrected chi connectivity index (χ3v) is 5.03. The van der Waals surface area contributed by atoms with Crippen LogP contribution in [0.4, 0.5) is 5.82 Å². The second kappa shape index (κ2) is 6.65. The number of aryl methyl sites for hydroxylation is 1. The summed E-state index contributed by atoms with van der Waals surface area (Å²) in [6.45, 7) is 4.42. The van der Waals surface area contributed by atoms with Crippen molar-refractivity contribution in [1.82, 2.24) is 19.5 Å². The van der Waals surface area contributed by atoms with Gasteiger partial charge in [0.25, 0.3) is 5.56 Å². The first kappa shape index (κ1) is 18.5. The lowest BCUT2D eigenvalue weighted by atomic mass is 10.0. The molecule has 0 saturated carbocycles. The number of rotatable bonds is 3. The molecule has 0 bridgehead atoms. The Morgan fingerprint density at radius 3 is 2.64 bits per heavy atom. The summed E-state index contributed by atoms with van der Waals surface area (Å²) in [6.07, 6.45) is 3.35. The van der Waals surface area contributed by atoms with Crippen LogP contribution in [0.15, 0.2) is 35.5 Å². The van der Waals surface area contributed by atoms with Gasteiger partial charge in [0, 0.05) is 31.9 Å². The third-order valence-electron chi connectivity index (χ3n) is 5.03. The van der Waals surface area contributed by atoms with Crippen LogP contribution in [0.2, 0.25) is 0 Å². The summed E-state index contributed by atoms with van der Waals surface area (Å²) in [5, 5.41) is 20.5. The van der Waals surface area contributed by atoms with Gasteiger partial charge in [-0.25, -0.2) is 9.97 Å². The Labute approximate surface area is 162 Å². The first-order chi connectivity index (χ1) is 13.2. The zero-order chi connectivity index (χ0) is 20.1. The van der Waals surface area contributed by atoms with E-state index in [1.54, 1.807) is 39.2 Å². The molecule has 1 aliphatic heterocycles. The number of hydrogen-bond acceptors (Lipinski definition) is 7. The number of anilines is 1. The Bertz CT molecular complexity index is 1090. The third kappa shape index (κ3) is 3.25. The van der Waals surface area contributed by atoms with Crippen molar-refractivity contribution in [2.45, 2.75) is 32.0 Å². The molecule has 8 heteroatoms. The molecule has 4 rings (SSSR count). The highest BCUT2D eigenvalue weighted by molar-refractivity contribution is 5.91. The molecule has 0 aliphatic carbocycles. The second-order valence-corrected chi connectivity index (χ2v) is 7.77. The molecule has 1 saturated heterocycles.